The van der Waals surface area contributed by atoms with Gasteiger partial charge in [-0.05, 0) is 50.3 Å². The van der Waals surface area contributed by atoms with Gasteiger partial charge in [-0.3, -0.25) is 9.79 Å². The molecule has 33 heavy (non-hydrogen) atoms. The van der Waals surface area contributed by atoms with Crippen molar-refractivity contribution in [1.82, 2.24) is 15.5 Å². The molecule has 1 saturated carbocycles. The molecule has 0 aromatic heterocycles. The molecule has 0 unspecified atom stereocenters. The van der Waals surface area contributed by atoms with Crippen molar-refractivity contribution < 1.29 is 14.3 Å². The zero-order chi connectivity index (χ0) is 23.0. The summed E-state index contributed by atoms with van der Waals surface area (Å²) in [4.78, 5) is 19.1. The third-order valence-corrected chi connectivity index (χ3v) is 7.06. The van der Waals surface area contributed by atoms with Gasteiger partial charge in [0.2, 0.25) is 5.91 Å². The Bertz CT molecular complexity index is 770. The second-order valence-electron chi connectivity index (χ2n) is 9.32. The van der Waals surface area contributed by atoms with E-state index < -0.39 is 0 Å². The number of nitrogens with zero attached hydrogens (tertiary/aromatic N) is 2. The molecule has 1 amide bonds. The van der Waals surface area contributed by atoms with Crippen LogP contribution < -0.4 is 15.4 Å². The van der Waals surface area contributed by atoms with E-state index in [0.29, 0.717) is 13.2 Å². The van der Waals surface area contributed by atoms with Gasteiger partial charge < -0.3 is 25.0 Å². The summed E-state index contributed by atoms with van der Waals surface area (Å²) >= 11 is 0. The lowest BCUT2D eigenvalue weighted by Crippen LogP contribution is -2.52. The highest BCUT2D eigenvalue weighted by Crippen LogP contribution is 2.39. The minimum Gasteiger partial charge on any atom is -0.494 e. The quantitative estimate of drug-likeness (QED) is 0.283. The first kappa shape index (κ1) is 27.7. The number of guanidine groups is 1. The minimum absolute atomic E-state index is 0. The number of halogens is 1. The monoisotopic (exact) mass is 572 g/mol. The zero-order valence-corrected chi connectivity index (χ0v) is 22.9. The number of hydrogen-bond donors (Lipinski definition) is 2. The predicted octanol–water partition coefficient (Wildman–Crippen LogP) is 3.57. The molecule has 0 spiro atoms. The van der Waals surface area contributed by atoms with E-state index in [0.717, 1.165) is 70.0 Å². The summed E-state index contributed by atoms with van der Waals surface area (Å²) in [6.07, 6.45) is 5.98. The maximum Gasteiger partial charge on any atom is 0.230 e. The molecule has 2 aliphatic rings. The van der Waals surface area contributed by atoms with Gasteiger partial charge in [0.15, 0.2) is 5.96 Å². The normalized spacial score (nSPS) is 19.3. The fraction of sp³-hybridized carbons (Fsp3) is 0.680. The average Bonchev–Trinajstić information content (AvgIpc) is 3.30. The third-order valence-electron chi connectivity index (χ3n) is 7.06. The van der Waals surface area contributed by atoms with E-state index in [9.17, 15) is 4.79 Å². The van der Waals surface area contributed by atoms with Gasteiger partial charge in [0.25, 0.3) is 0 Å². The van der Waals surface area contributed by atoms with Gasteiger partial charge in [0.05, 0.1) is 12.0 Å². The molecule has 1 aliphatic heterocycles. The van der Waals surface area contributed by atoms with Crippen LogP contribution in [0.2, 0.25) is 0 Å². The Labute approximate surface area is 216 Å². The van der Waals surface area contributed by atoms with Crippen LogP contribution in [-0.2, 0) is 14.9 Å². The molecule has 0 atom stereocenters. The lowest BCUT2D eigenvalue weighted by atomic mass is 9.74. The van der Waals surface area contributed by atoms with E-state index in [1.807, 2.05) is 21.0 Å². The zero-order valence-electron chi connectivity index (χ0n) is 20.6. The molecular weight excluding hydrogens is 531 g/mol. The van der Waals surface area contributed by atoms with Crippen molar-refractivity contribution in [2.45, 2.75) is 50.9 Å². The Morgan fingerprint density at radius 1 is 1.06 bits per heavy atom. The summed E-state index contributed by atoms with van der Waals surface area (Å²) in [6.45, 7) is 5.54. The Balaban J connectivity index is 0.00000385. The first-order chi connectivity index (χ1) is 15.4. The summed E-state index contributed by atoms with van der Waals surface area (Å²) in [5.41, 5.74) is 0.944. The Morgan fingerprint density at radius 3 is 2.21 bits per heavy atom. The highest BCUT2D eigenvalue weighted by atomic mass is 127. The van der Waals surface area contributed by atoms with Crippen molar-refractivity contribution in [3.05, 3.63) is 29.8 Å². The van der Waals surface area contributed by atoms with E-state index in [2.05, 4.69) is 39.9 Å². The van der Waals surface area contributed by atoms with Gasteiger partial charge in [0.1, 0.15) is 5.75 Å². The van der Waals surface area contributed by atoms with Crippen LogP contribution in [0.25, 0.3) is 0 Å². The van der Waals surface area contributed by atoms with Gasteiger partial charge in [0, 0.05) is 52.9 Å². The Kier molecular flexibility index (Phi) is 10.7. The number of amides is 1. The summed E-state index contributed by atoms with van der Waals surface area (Å²) in [5.74, 6) is 1.86. The van der Waals surface area contributed by atoms with E-state index in [1.165, 1.54) is 5.56 Å². The van der Waals surface area contributed by atoms with Crippen LogP contribution >= 0.6 is 24.0 Å². The van der Waals surface area contributed by atoms with Crippen molar-refractivity contribution in [3.8, 4) is 5.75 Å². The SMILES string of the molecule is CCOc1ccc(C2(CNC(=NC)NCC3(C(=O)N(C)C)CCCC3)CCOCC2)cc1.I. The molecule has 1 aromatic rings. The number of rotatable bonds is 8. The Morgan fingerprint density at radius 2 is 1.67 bits per heavy atom. The molecule has 2 N–H and O–H groups in total. The van der Waals surface area contributed by atoms with Crippen molar-refractivity contribution in [2.75, 3.05) is 54.1 Å². The van der Waals surface area contributed by atoms with Gasteiger partial charge in [-0.15, -0.1) is 24.0 Å². The van der Waals surface area contributed by atoms with Crippen LogP contribution in [0, 0.1) is 5.41 Å². The number of hydrogen-bond acceptors (Lipinski definition) is 4. The summed E-state index contributed by atoms with van der Waals surface area (Å²) in [5, 5.41) is 7.02. The predicted molar refractivity (Wildman–Crippen MR) is 144 cm³/mol. The summed E-state index contributed by atoms with van der Waals surface area (Å²) < 4.78 is 11.3. The second-order valence-corrected chi connectivity index (χ2v) is 9.32. The highest BCUT2D eigenvalue weighted by molar-refractivity contribution is 14.0. The van der Waals surface area contributed by atoms with Gasteiger partial charge in [-0.25, -0.2) is 0 Å². The molecule has 1 saturated heterocycles. The fourth-order valence-electron chi connectivity index (χ4n) is 5.12. The fourth-order valence-corrected chi connectivity index (χ4v) is 5.12. The molecule has 0 radical (unpaired) electrons. The first-order valence-electron chi connectivity index (χ1n) is 11.9. The maximum absolute atomic E-state index is 12.9. The van der Waals surface area contributed by atoms with Crippen LogP contribution in [0.15, 0.2) is 29.3 Å². The topological polar surface area (TPSA) is 75.2 Å². The van der Waals surface area contributed by atoms with Crippen molar-refractivity contribution >= 4 is 35.8 Å². The second kappa shape index (κ2) is 12.8. The number of aliphatic imine (C=N–C) groups is 1. The molecule has 2 fully saturated rings. The van der Waals surface area contributed by atoms with Crippen LogP contribution in [-0.4, -0.2) is 70.8 Å². The molecule has 0 bridgehead atoms. The average molecular weight is 573 g/mol. The molecule has 8 heteroatoms. The standard InChI is InChI=1S/C25H40N4O3.HI/c1-5-32-21-10-8-20(9-11-21)24(14-16-31-17-15-24)18-27-23(26-2)28-19-25(12-6-7-13-25)22(30)29(3)4;/h8-11H,5-7,12-19H2,1-4H3,(H2,26,27,28);1H. The summed E-state index contributed by atoms with van der Waals surface area (Å²) in [6, 6.07) is 8.47. The van der Waals surface area contributed by atoms with E-state index >= 15 is 0 Å². The highest BCUT2D eigenvalue weighted by Gasteiger charge is 2.42. The molecule has 1 heterocycles. The number of benzene rings is 1. The smallest absolute Gasteiger partial charge is 0.230 e. The van der Waals surface area contributed by atoms with E-state index in [-0.39, 0.29) is 40.7 Å². The lowest BCUT2D eigenvalue weighted by molar-refractivity contribution is -0.138. The molecule has 3 rings (SSSR count). The maximum atomic E-state index is 12.9. The van der Waals surface area contributed by atoms with Crippen molar-refractivity contribution in [1.29, 1.82) is 0 Å². The first-order valence-corrected chi connectivity index (χ1v) is 11.9. The van der Waals surface area contributed by atoms with Gasteiger partial charge in [-0.1, -0.05) is 25.0 Å². The summed E-state index contributed by atoms with van der Waals surface area (Å²) in [7, 11) is 5.49. The number of carbonyl (C=O) groups is 1. The van der Waals surface area contributed by atoms with E-state index in [4.69, 9.17) is 9.47 Å². The number of ether oxygens (including phenoxy) is 2. The van der Waals surface area contributed by atoms with E-state index in [1.54, 1.807) is 11.9 Å². The Hall–Kier alpha value is -1.55. The minimum atomic E-state index is -0.327. The molecule has 1 aliphatic carbocycles. The third kappa shape index (κ3) is 6.74. The van der Waals surface area contributed by atoms with Crippen molar-refractivity contribution in [3.63, 3.8) is 0 Å². The van der Waals surface area contributed by atoms with Crippen LogP contribution in [0.3, 0.4) is 0 Å². The van der Waals surface area contributed by atoms with Crippen LogP contribution in [0.1, 0.15) is 51.0 Å². The van der Waals surface area contributed by atoms with Gasteiger partial charge >= 0.3 is 0 Å². The number of carbonyl (C=O) groups excluding carboxylic acids is 1. The van der Waals surface area contributed by atoms with Crippen molar-refractivity contribution in [2.24, 2.45) is 10.4 Å². The molecule has 186 valence electrons. The number of nitrogens with one attached hydrogen (secondary N) is 2. The van der Waals surface area contributed by atoms with Gasteiger partial charge in [-0.2, -0.15) is 0 Å². The largest absolute Gasteiger partial charge is 0.494 e. The molecule has 1 aromatic carbocycles. The lowest BCUT2D eigenvalue weighted by Gasteiger charge is -2.38. The van der Waals surface area contributed by atoms with Crippen LogP contribution in [0.4, 0.5) is 0 Å². The molecule has 7 nitrogen and oxygen atoms in total. The molecular formula is C25H41IN4O3. The van der Waals surface area contributed by atoms with Crippen LogP contribution in [0.5, 0.6) is 5.75 Å².